The predicted octanol–water partition coefficient (Wildman–Crippen LogP) is 2.39. The molecule has 0 radical (unpaired) electrons. The van der Waals surface area contributed by atoms with E-state index >= 15 is 0 Å². The Hall–Kier alpha value is -1.91. The maximum Gasteiger partial charge on any atom is 0.249 e. The third-order valence-electron chi connectivity index (χ3n) is 3.77. The fraction of sp³-hybridized carbons (Fsp3) is 0.333. The van der Waals surface area contributed by atoms with Gasteiger partial charge in [0.2, 0.25) is 5.91 Å². The zero-order valence-electron chi connectivity index (χ0n) is 11.6. The third-order valence-corrected chi connectivity index (χ3v) is 4.54. The summed E-state index contributed by atoms with van der Waals surface area (Å²) < 4.78 is 19.1. The van der Waals surface area contributed by atoms with Crippen LogP contribution in [-0.2, 0) is 9.53 Å². The summed E-state index contributed by atoms with van der Waals surface area (Å²) >= 11 is 3.14. The van der Waals surface area contributed by atoms with Crippen LogP contribution >= 0.6 is 15.9 Å². The van der Waals surface area contributed by atoms with Crippen molar-refractivity contribution in [3.05, 3.63) is 39.8 Å². The number of amides is 1. The van der Waals surface area contributed by atoms with Crippen LogP contribution in [0.2, 0.25) is 0 Å². The number of nitriles is 1. The van der Waals surface area contributed by atoms with Crippen LogP contribution in [0.1, 0.15) is 12.0 Å². The summed E-state index contributed by atoms with van der Waals surface area (Å²) in [5, 5.41) is 12.1. The molecular weight excluding hydrogens is 353 g/mol. The van der Waals surface area contributed by atoms with Crippen LogP contribution in [0.5, 0.6) is 0 Å². The molecule has 1 N–H and O–H groups in total. The number of nitrogens with zero attached hydrogens (tertiary/aromatic N) is 2. The first kappa shape index (κ1) is 15.0. The largest absolute Gasteiger partial charge is 0.379 e. The molecule has 0 saturated carbocycles. The van der Waals surface area contributed by atoms with Gasteiger partial charge in [0.15, 0.2) is 0 Å². The van der Waals surface area contributed by atoms with Crippen molar-refractivity contribution in [2.75, 3.05) is 25.1 Å². The molecule has 2 heterocycles. The van der Waals surface area contributed by atoms with Crippen molar-refractivity contribution in [1.29, 1.82) is 5.26 Å². The molecule has 1 fully saturated rings. The summed E-state index contributed by atoms with van der Waals surface area (Å²) in [7, 11) is 0. The molecule has 2 aliphatic heterocycles. The van der Waals surface area contributed by atoms with Crippen molar-refractivity contribution in [2.45, 2.75) is 12.5 Å². The van der Waals surface area contributed by atoms with E-state index in [1.165, 1.54) is 18.2 Å². The van der Waals surface area contributed by atoms with Gasteiger partial charge in [0.25, 0.3) is 0 Å². The van der Waals surface area contributed by atoms with Gasteiger partial charge in [-0.2, -0.15) is 5.26 Å². The molecule has 0 unspecified atom stereocenters. The fourth-order valence-corrected chi connectivity index (χ4v) is 3.06. The standard InChI is InChI=1S/C15H13BrFN3O2/c16-14-12(17)2-1-9(6-18)15(14)19-10-5-13(21)20(7-10)11-3-4-22-8-11/h1-2,5,11,19H,3-4,7-8H2/t11-/m1/s1. The second kappa shape index (κ2) is 6.07. The molecule has 1 atom stereocenters. The summed E-state index contributed by atoms with van der Waals surface area (Å²) in [6, 6.07) is 4.72. The first-order chi connectivity index (χ1) is 10.6. The minimum Gasteiger partial charge on any atom is -0.379 e. The fourth-order valence-electron chi connectivity index (χ4n) is 2.62. The van der Waals surface area contributed by atoms with Crippen LogP contribution in [0.3, 0.4) is 0 Å². The minimum atomic E-state index is -0.465. The van der Waals surface area contributed by atoms with E-state index in [-0.39, 0.29) is 16.4 Å². The number of carbonyl (C=O) groups excluding carboxylic acids is 1. The normalized spacial score (nSPS) is 21.0. The van der Waals surface area contributed by atoms with E-state index in [9.17, 15) is 9.18 Å². The van der Waals surface area contributed by atoms with Crippen molar-refractivity contribution < 1.29 is 13.9 Å². The lowest BCUT2D eigenvalue weighted by Gasteiger charge is -2.23. The summed E-state index contributed by atoms with van der Waals surface area (Å²) in [5.41, 5.74) is 1.29. The van der Waals surface area contributed by atoms with Crippen molar-refractivity contribution >= 4 is 27.5 Å². The highest BCUT2D eigenvalue weighted by Gasteiger charge is 2.31. The quantitative estimate of drug-likeness (QED) is 0.892. The minimum absolute atomic E-state index is 0.0782. The van der Waals surface area contributed by atoms with Gasteiger partial charge in [-0.3, -0.25) is 4.79 Å². The monoisotopic (exact) mass is 365 g/mol. The number of hydrogen-bond donors (Lipinski definition) is 1. The van der Waals surface area contributed by atoms with Crippen molar-refractivity contribution in [2.24, 2.45) is 0 Å². The Balaban J connectivity index is 1.80. The zero-order valence-corrected chi connectivity index (χ0v) is 13.2. The topological polar surface area (TPSA) is 65.4 Å². The molecular formula is C15H13BrFN3O2. The molecule has 5 nitrogen and oxygen atoms in total. The Morgan fingerprint density at radius 3 is 3.00 bits per heavy atom. The van der Waals surface area contributed by atoms with Crippen LogP contribution in [0.15, 0.2) is 28.4 Å². The second-order valence-corrected chi connectivity index (χ2v) is 5.97. The molecule has 7 heteroatoms. The Kier molecular flexibility index (Phi) is 4.14. The Bertz CT molecular complexity index is 693. The van der Waals surface area contributed by atoms with Crippen molar-refractivity contribution in [3.8, 4) is 6.07 Å². The van der Waals surface area contributed by atoms with E-state index in [0.717, 1.165) is 6.42 Å². The van der Waals surface area contributed by atoms with Crippen LogP contribution in [0.25, 0.3) is 0 Å². The first-order valence-electron chi connectivity index (χ1n) is 6.84. The zero-order chi connectivity index (χ0) is 15.7. The molecule has 1 amide bonds. The molecule has 0 aromatic heterocycles. The number of halogens is 2. The van der Waals surface area contributed by atoms with Gasteiger partial charge in [0.1, 0.15) is 11.9 Å². The predicted molar refractivity (Wildman–Crippen MR) is 81.5 cm³/mol. The van der Waals surface area contributed by atoms with E-state index in [1.54, 1.807) is 4.90 Å². The summed E-state index contributed by atoms with van der Waals surface area (Å²) in [5.74, 6) is -0.559. The third kappa shape index (κ3) is 2.72. The smallest absolute Gasteiger partial charge is 0.249 e. The molecule has 2 aliphatic rings. The van der Waals surface area contributed by atoms with Gasteiger partial charge in [-0.15, -0.1) is 0 Å². The SMILES string of the molecule is N#Cc1ccc(F)c(Br)c1NC1=CC(=O)N([C@@H]2CCOC2)C1. The van der Waals surface area contributed by atoms with Gasteiger partial charge in [-0.25, -0.2) is 4.39 Å². The van der Waals surface area contributed by atoms with E-state index in [1.807, 2.05) is 6.07 Å². The first-order valence-corrected chi connectivity index (χ1v) is 7.63. The van der Waals surface area contributed by atoms with Crippen LogP contribution in [-0.4, -0.2) is 36.6 Å². The maximum absolute atomic E-state index is 13.7. The Morgan fingerprint density at radius 1 is 1.50 bits per heavy atom. The maximum atomic E-state index is 13.7. The summed E-state index contributed by atoms with van der Waals surface area (Å²) in [6.07, 6.45) is 2.30. The average Bonchev–Trinajstić information content (AvgIpc) is 3.13. The molecule has 1 aromatic carbocycles. The molecule has 0 aliphatic carbocycles. The van der Waals surface area contributed by atoms with Crippen LogP contribution in [0.4, 0.5) is 10.1 Å². The highest BCUT2D eigenvalue weighted by Crippen LogP contribution is 2.31. The van der Waals surface area contributed by atoms with E-state index in [4.69, 9.17) is 10.00 Å². The molecule has 114 valence electrons. The number of carbonyl (C=O) groups is 1. The number of nitrogens with one attached hydrogen (secondary N) is 1. The molecule has 0 spiro atoms. The lowest BCUT2D eigenvalue weighted by atomic mass is 10.2. The summed E-state index contributed by atoms with van der Waals surface area (Å²) in [4.78, 5) is 13.8. The van der Waals surface area contributed by atoms with Crippen LogP contribution in [0, 0.1) is 17.1 Å². The van der Waals surface area contributed by atoms with Crippen LogP contribution < -0.4 is 5.32 Å². The van der Waals surface area contributed by atoms with Crippen molar-refractivity contribution in [3.63, 3.8) is 0 Å². The number of rotatable bonds is 3. The van der Waals surface area contributed by atoms with E-state index in [2.05, 4.69) is 21.2 Å². The van der Waals surface area contributed by atoms with Gasteiger partial charge >= 0.3 is 0 Å². The van der Waals surface area contributed by atoms with Gasteiger partial charge in [0, 0.05) is 18.4 Å². The number of anilines is 1. The Labute approximate surface area is 135 Å². The molecule has 1 saturated heterocycles. The summed E-state index contributed by atoms with van der Waals surface area (Å²) in [6.45, 7) is 1.60. The Morgan fingerprint density at radius 2 is 2.32 bits per heavy atom. The number of benzene rings is 1. The van der Waals surface area contributed by atoms with Gasteiger partial charge in [-0.05, 0) is 34.5 Å². The highest BCUT2D eigenvalue weighted by molar-refractivity contribution is 9.10. The van der Waals surface area contributed by atoms with Gasteiger partial charge in [-0.1, -0.05) is 0 Å². The molecule has 3 rings (SSSR count). The number of hydrogen-bond acceptors (Lipinski definition) is 4. The van der Waals surface area contributed by atoms with E-state index < -0.39 is 5.82 Å². The average molecular weight is 366 g/mol. The molecule has 0 bridgehead atoms. The van der Waals surface area contributed by atoms with Gasteiger partial charge in [0.05, 0.1) is 34.9 Å². The second-order valence-electron chi connectivity index (χ2n) is 5.17. The molecule has 1 aromatic rings. The molecule has 22 heavy (non-hydrogen) atoms. The lowest BCUT2D eigenvalue weighted by Crippen LogP contribution is -2.37. The van der Waals surface area contributed by atoms with Gasteiger partial charge < -0.3 is 15.0 Å². The van der Waals surface area contributed by atoms with Crippen molar-refractivity contribution in [1.82, 2.24) is 4.90 Å². The highest BCUT2D eigenvalue weighted by atomic mass is 79.9. The van der Waals surface area contributed by atoms with E-state index in [0.29, 0.717) is 36.7 Å². The number of ether oxygens (including phenoxy) is 1. The lowest BCUT2D eigenvalue weighted by molar-refractivity contribution is -0.126.